The highest BCUT2D eigenvalue weighted by Crippen LogP contribution is 2.26. The molecule has 0 aliphatic carbocycles. The van der Waals surface area contributed by atoms with Gasteiger partial charge in [-0.25, -0.2) is 0 Å². The minimum Gasteiger partial charge on any atom is -0.381 e. The Morgan fingerprint density at radius 2 is 2.29 bits per heavy atom. The van der Waals surface area contributed by atoms with Gasteiger partial charge in [-0.2, -0.15) is 10.4 Å². The molecule has 0 saturated carbocycles. The summed E-state index contributed by atoms with van der Waals surface area (Å²) in [7, 11) is 0. The summed E-state index contributed by atoms with van der Waals surface area (Å²) in [5.41, 5.74) is 4.92. The van der Waals surface area contributed by atoms with Crippen LogP contribution in [0.4, 0.5) is 5.69 Å². The van der Waals surface area contributed by atoms with Gasteiger partial charge in [-0.1, -0.05) is 12.1 Å². The largest absolute Gasteiger partial charge is 0.381 e. The van der Waals surface area contributed by atoms with Gasteiger partial charge >= 0.3 is 0 Å². The minimum absolute atomic E-state index is 0.661. The molecule has 2 aromatic heterocycles. The number of nitriles is 1. The average Bonchev–Trinajstić information content (AvgIpc) is 3.17. The number of H-pyrrole nitrogens is 1. The Morgan fingerprint density at radius 3 is 3.05 bits per heavy atom. The topological polar surface area (TPSA) is 64.5 Å². The van der Waals surface area contributed by atoms with E-state index in [-0.39, 0.29) is 0 Å². The Labute approximate surface area is 127 Å². The van der Waals surface area contributed by atoms with Gasteiger partial charge < -0.3 is 5.32 Å². The molecule has 0 atom stereocenters. The highest BCUT2D eigenvalue weighted by atomic mass is 32.1. The zero-order chi connectivity index (χ0) is 14.7. The van der Waals surface area contributed by atoms with Crippen LogP contribution < -0.4 is 5.32 Å². The summed E-state index contributed by atoms with van der Waals surface area (Å²) in [5.74, 6) is 0. The summed E-state index contributed by atoms with van der Waals surface area (Å²) < 4.78 is 0. The lowest BCUT2D eigenvalue weighted by Crippen LogP contribution is -2.01. The number of anilines is 1. The fourth-order valence-corrected chi connectivity index (χ4v) is 2.91. The Balaban J connectivity index is 1.80. The first-order chi connectivity index (χ1) is 10.3. The molecule has 0 unspecified atom stereocenters. The number of aromatic nitrogens is 2. The predicted molar refractivity (Wildman–Crippen MR) is 85.1 cm³/mol. The first kappa shape index (κ1) is 13.4. The maximum absolute atomic E-state index is 8.98. The molecule has 21 heavy (non-hydrogen) atoms. The number of thiophene rings is 1. The van der Waals surface area contributed by atoms with Gasteiger partial charge in [0.05, 0.1) is 28.4 Å². The quantitative estimate of drug-likeness (QED) is 0.766. The van der Waals surface area contributed by atoms with E-state index in [1.807, 2.05) is 42.8 Å². The maximum atomic E-state index is 8.98. The van der Waals surface area contributed by atoms with Crippen molar-refractivity contribution in [2.75, 3.05) is 5.32 Å². The summed E-state index contributed by atoms with van der Waals surface area (Å²) >= 11 is 1.68. The Bertz CT molecular complexity index is 781. The zero-order valence-corrected chi connectivity index (χ0v) is 12.4. The summed E-state index contributed by atoms with van der Waals surface area (Å²) in [6, 6.07) is 11.9. The maximum Gasteiger partial charge on any atom is 0.0992 e. The smallest absolute Gasteiger partial charge is 0.0992 e. The van der Waals surface area contributed by atoms with Crippen molar-refractivity contribution in [2.45, 2.75) is 13.5 Å². The van der Waals surface area contributed by atoms with Gasteiger partial charge in [0.1, 0.15) is 0 Å². The lowest BCUT2D eigenvalue weighted by Gasteiger charge is -2.09. The van der Waals surface area contributed by atoms with Gasteiger partial charge in [0, 0.05) is 17.8 Å². The third-order valence-electron chi connectivity index (χ3n) is 3.32. The van der Waals surface area contributed by atoms with Crippen molar-refractivity contribution < 1.29 is 0 Å². The molecular formula is C16H14N4S. The number of hydrogen-bond donors (Lipinski definition) is 2. The van der Waals surface area contributed by atoms with Crippen LogP contribution >= 0.6 is 11.3 Å². The summed E-state index contributed by atoms with van der Waals surface area (Å²) in [6.07, 6.45) is 1.84. The number of hydrogen-bond acceptors (Lipinski definition) is 4. The van der Waals surface area contributed by atoms with Crippen LogP contribution in [0.25, 0.3) is 10.6 Å². The van der Waals surface area contributed by atoms with E-state index in [4.69, 9.17) is 5.26 Å². The predicted octanol–water partition coefficient (Wildman–Crippen LogP) is 3.93. The van der Waals surface area contributed by atoms with Crippen LogP contribution in [0.2, 0.25) is 0 Å². The molecule has 1 aromatic carbocycles. The molecule has 0 aliphatic rings. The van der Waals surface area contributed by atoms with Crippen LogP contribution in [0.5, 0.6) is 0 Å². The summed E-state index contributed by atoms with van der Waals surface area (Å²) in [4.78, 5) is 1.17. The first-order valence-electron chi connectivity index (χ1n) is 6.58. The summed E-state index contributed by atoms with van der Waals surface area (Å²) in [5, 5.41) is 21.6. The molecule has 0 fully saturated rings. The number of benzene rings is 1. The Kier molecular flexibility index (Phi) is 3.71. The van der Waals surface area contributed by atoms with Crippen LogP contribution in [-0.2, 0) is 6.54 Å². The van der Waals surface area contributed by atoms with Crippen molar-refractivity contribution in [3.05, 3.63) is 58.6 Å². The molecule has 0 amide bonds. The van der Waals surface area contributed by atoms with Crippen molar-refractivity contribution in [2.24, 2.45) is 0 Å². The van der Waals surface area contributed by atoms with E-state index < -0.39 is 0 Å². The standard InChI is InChI=1S/C16H14N4S/c1-11-4-5-12(8-17)7-14(11)18-9-13-10-19-20-16(13)15-3-2-6-21-15/h2-7,10,18H,9H2,1H3,(H,19,20). The van der Waals surface area contributed by atoms with Gasteiger partial charge in [0.2, 0.25) is 0 Å². The second-order valence-electron chi connectivity index (χ2n) is 4.74. The third-order valence-corrected chi connectivity index (χ3v) is 4.21. The van der Waals surface area contributed by atoms with Gasteiger partial charge in [-0.3, -0.25) is 5.10 Å². The molecule has 0 bridgehead atoms. The molecule has 5 heteroatoms. The molecule has 3 rings (SSSR count). The second kappa shape index (κ2) is 5.81. The molecule has 0 saturated heterocycles. The number of nitrogens with zero attached hydrogens (tertiary/aromatic N) is 2. The van der Waals surface area contributed by atoms with E-state index in [1.165, 1.54) is 4.88 Å². The van der Waals surface area contributed by atoms with Crippen molar-refractivity contribution in [1.29, 1.82) is 5.26 Å². The van der Waals surface area contributed by atoms with E-state index in [2.05, 4.69) is 27.6 Å². The molecule has 3 aromatic rings. The van der Waals surface area contributed by atoms with Crippen LogP contribution in [0.1, 0.15) is 16.7 Å². The molecular weight excluding hydrogens is 280 g/mol. The number of nitrogens with one attached hydrogen (secondary N) is 2. The normalized spacial score (nSPS) is 10.3. The van der Waals surface area contributed by atoms with E-state index in [1.54, 1.807) is 11.3 Å². The average molecular weight is 294 g/mol. The first-order valence-corrected chi connectivity index (χ1v) is 7.46. The van der Waals surface area contributed by atoms with Crippen LogP contribution in [0.3, 0.4) is 0 Å². The van der Waals surface area contributed by atoms with E-state index in [0.29, 0.717) is 12.1 Å². The number of aryl methyl sites for hydroxylation is 1. The highest BCUT2D eigenvalue weighted by molar-refractivity contribution is 7.13. The molecule has 0 spiro atoms. The molecule has 104 valence electrons. The van der Waals surface area contributed by atoms with E-state index >= 15 is 0 Å². The molecule has 0 radical (unpaired) electrons. The van der Waals surface area contributed by atoms with Crippen molar-refractivity contribution in [1.82, 2.24) is 10.2 Å². The monoisotopic (exact) mass is 294 g/mol. The minimum atomic E-state index is 0.661. The molecule has 2 N–H and O–H groups in total. The molecule has 2 heterocycles. The molecule has 0 aliphatic heterocycles. The van der Waals surface area contributed by atoms with Crippen LogP contribution in [-0.4, -0.2) is 10.2 Å². The Hall–Kier alpha value is -2.58. The van der Waals surface area contributed by atoms with Crippen LogP contribution in [0, 0.1) is 18.3 Å². The lowest BCUT2D eigenvalue weighted by atomic mass is 10.1. The zero-order valence-electron chi connectivity index (χ0n) is 11.6. The van der Waals surface area contributed by atoms with Crippen molar-refractivity contribution >= 4 is 17.0 Å². The van der Waals surface area contributed by atoms with Crippen molar-refractivity contribution in [3.63, 3.8) is 0 Å². The van der Waals surface area contributed by atoms with E-state index in [0.717, 1.165) is 22.5 Å². The number of rotatable bonds is 4. The van der Waals surface area contributed by atoms with Crippen molar-refractivity contribution in [3.8, 4) is 16.6 Å². The van der Waals surface area contributed by atoms with Crippen LogP contribution in [0.15, 0.2) is 41.9 Å². The number of aromatic amines is 1. The Morgan fingerprint density at radius 1 is 1.38 bits per heavy atom. The van der Waals surface area contributed by atoms with Gasteiger partial charge in [-0.15, -0.1) is 11.3 Å². The van der Waals surface area contributed by atoms with Gasteiger partial charge in [0.25, 0.3) is 0 Å². The summed E-state index contributed by atoms with van der Waals surface area (Å²) in [6.45, 7) is 2.69. The van der Waals surface area contributed by atoms with E-state index in [9.17, 15) is 0 Å². The fourth-order valence-electron chi connectivity index (χ4n) is 2.15. The second-order valence-corrected chi connectivity index (χ2v) is 5.69. The molecule has 4 nitrogen and oxygen atoms in total. The highest BCUT2D eigenvalue weighted by Gasteiger charge is 2.09. The van der Waals surface area contributed by atoms with Gasteiger partial charge in [0.15, 0.2) is 0 Å². The third kappa shape index (κ3) is 2.81. The SMILES string of the molecule is Cc1ccc(C#N)cc1NCc1cn[nH]c1-c1cccs1. The van der Waals surface area contributed by atoms with Gasteiger partial charge in [-0.05, 0) is 36.1 Å². The fraction of sp³-hybridized carbons (Fsp3) is 0.125. The lowest BCUT2D eigenvalue weighted by molar-refractivity contribution is 1.10.